The summed E-state index contributed by atoms with van der Waals surface area (Å²) < 4.78 is 0. The number of thiophene rings is 1. The van der Waals surface area contributed by atoms with Gasteiger partial charge in [-0.2, -0.15) is 0 Å². The van der Waals surface area contributed by atoms with Crippen LogP contribution in [0.1, 0.15) is 34.1 Å². The van der Waals surface area contributed by atoms with Crippen LogP contribution in [0, 0.1) is 6.92 Å². The molecule has 0 spiro atoms. The van der Waals surface area contributed by atoms with Gasteiger partial charge in [0.05, 0.1) is 5.01 Å². The van der Waals surface area contributed by atoms with E-state index in [0.29, 0.717) is 6.04 Å². The highest BCUT2D eigenvalue weighted by Crippen LogP contribution is 2.22. The third kappa shape index (κ3) is 2.90. The second-order valence-corrected chi connectivity index (χ2v) is 6.00. The number of aromatic nitrogens is 1. The van der Waals surface area contributed by atoms with E-state index in [1.807, 2.05) is 24.5 Å². The molecular formula is C12H16N2S2. The summed E-state index contributed by atoms with van der Waals surface area (Å²) in [6.07, 6.45) is 3.09. The third-order valence-electron chi connectivity index (χ3n) is 2.49. The van der Waals surface area contributed by atoms with Crippen molar-refractivity contribution >= 4 is 22.7 Å². The number of hydrogen-bond acceptors (Lipinski definition) is 4. The zero-order valence-electron chi connectivity index (χ0n) is 9.56. The topological polar surface area (TPSA) is 24.9 Å². The molecule has 2 heterocycles. The predicted molar refractivity (Wildman–Crippen MR) is 71.0 cm³/mol. The number of nitrogens with one attached hydrogen (secondary N) is 1. The van der Waals surface area contributed by atoms with Crippen molar-refractivity contribution in [3.8, 4) is 0 Å². The fraction of sp³-hybridized carbons (Fsp3) is 0.417. The van der Waals surface area contributed by atoms with Gasteiger partial charge in [0.15, 0.2) is 0 Å². The Morgan fingerprint density at radius 2 is 2.38 bits per heavy atom. The first-order chi connectivity index (χ1) is 7.79. The van der Waals surface area contributed by atoms with Gasteiger partial charge in [0.25, 0.3) is 0 Å². The summed E-state index contributed by atoms with van der Waals surface area (Å²) in [6.45, 7) is 5.18. The van der Waals surface area contributed by atoms with E-state index in [2.05, 4.69) is 34.7 Å². The van der Waals surface area contributed by atoms with Crippen LogP contribution in [0.2, 0.25) is 0 Å². The van der Waals surface area contributed by atoms with Crippen LogP contribution >= 0.6 is 22.7 Å². The van der Waals surface area contributed by atoms with E-state index in [1.54, 1.807) is 11.3 Å². The van der Waals surface area contributed by atoms with Gasteiger partial charge in [-0.3, -0.25) is 0 Å². The molecule has 1 unspecified atom stereocenters. The molecule has 0 amide bonds. The zero-order valence-corrected chi connectivity index (χ0v) is 11.2. The van der Waals surface area contributed by atoms with E-state index >= 15 is 0 Å². The lowest BCUT2D eigenvalue weighted by atomic mass is 10.2. The molecule has 2 aromatic heterocycles. The molecule has 2 aromatic rings. The molecule has 0 aliphatic carbocycles. The van der Waals surface area contributed by atoms with Crippen LogP contribution in [0.25, 0.3) is 0 Å². The first-order valence-electron chi connectivity index (χ1n) is 5.47. The summed E-state index contributed by atoms with van der Waals surface area (Å²) in [5.41, 5.74) is 0. The largest absolute Gasteiger partial charge is 0.304 e. The van der Waals surface area contributed by atoms with Gasteiger partial charge in [-0.05, 0) is 24.8 Å². The van der Waals surface area contributed by atoms with Crippen molar-refractivity contribution < 1.29 is 0 Å². The first kappa shape index (κ1) is 11.8. The average molecular weight is 252 g/mol. The standard InChI is InChI=1S/C12H16N2S2/c1-3-11(12-5-4-6-15-12)14-8-10-7-13-9(2)16-10/h4-7,11,14H,3,8H2,1-2H3. The highest BCUT2D eigenvalue weighted by atomic mass is 32.1. The smallest absolute Gasteiger partial charge is 0.0897 e. The van der Waals surface area contributed by atoms with E-state index in [4.69, 9.17) is 0 Å². The third-order valence-corrected chi connectivity index (χ3v) is 4.39. The van der Waals surface area contributed by atoms with Crippen LogP contribution in [0.3, 0.4) is 0 Å². The Morgan fingerprint density at radius 1 is 1.50 bits per heavy atom. The van der Waals surface area contributed by atoms with Crippen LogP contribution in [0.4, 0.5) is 0 Å². The lowest BCUT2D eigenvalue weighted by Crippen LogP contribution is -2.18. The van der Waals surface area contributed by atoms with Gasteiger partial charge in [-0.1, -0.05) is 13.0 Å². The molecule has 0 bridgehead atoms. The quantitative estimate of drug-likeness (QED) is 0.876. The summed E-state index contributed by atoms with van der Waals surface area (Å²) >= 11 is 3.59. The molecule has 0 fully saturated rings. The van der Waals surface area contributed by atoms with Gasteiger partial charge in [-0.15, -0.1) is 22.7 Å². The molecule has 1 N–H and O–H groups in total. The summed E-state index contributed by atoms with van der Waals surface area (Å²) in [7, 11) is 0. The Kier molecular flexibility index (Phi) is 4.09. The van der Waals surface area contributed by atoms with Crippen molar-refractivity contribution in [3.05, 3.63) is 38.5 Å². The lowest BCUT2D eigenvalue weighted by Gasteiger charge is -2.14. The van der Waals surface area contributed by atoms with Gasteiger partial charge >= 0.3 is 0 Å². The van der Waals surface area contributed by atoms with E-state index in [1.165, 1.54) is 9.75 Å². The number of hydrogen-bond donors (Lipinski definition) is 1. The fourth-order valence-corrected chi connectivity index (χ4v) is 3.28. The van der Waals surface area contributed by atoms with E-state index in [0.717, 1.165) is 18.0 Å². The Bertz CT molecular complexity index is 420. The second kappa shape index (κ2) is 5.57. The van der Waals surface area contributed by atoms with Crippen molar-refractivity contribution in [2.45, 2.75) is 32.9 Å². The summed E-state index contributed by atoms with van der Waals surface area (Å²) in [4.78, 5) is 7.00. The van der Waals surface area contributed by atoms with Crippen LogP contribution in [0.15, 0.2) is 23.7 Å². The van der Waals surface area contributed by atoms with Crippen LogP contribution < -0.4 is 5.32 Å². The minimum absolute atomic E-state index is 0.474. The van der Waals surface area contributed by atoms with Gasteiger partial charge in [0.2, 0.25) is 0 Å². The Morgan fingerprint density at radius 3 is 2.94 bits per heavy atom. The molecule has 2 rings (SSSR count). The van der Waals surface area contributed by atoms with Gasteiger partial charge in [0, 0.05) is 28.5 Å². The molecule has 1 atom stereocenters. The van der Waals surface area contributed by atoms with Crippen molar-refractivity contribution in [1.82, 2.24) is 10.3 Å². The monoisotopic (exact) mass is 252 g/mol. The van der Waals surface area contributed by atoms with Crippen LogP contribution in [-0.2, 0) is 6.54 Å². The first-order valence-corrected chi connectivity index (χ1v) is 7.17. The second-order valence-electron chi connectivity index (χ2n) is 3.70. The molecule has 0 radical (unpaired) electrons. The predicted octanol–water partition coefficient (Wildman–Crippen LogP) is 3.75. The number of thiazole rings is 1. The normalized spacial score (nSPS) is 12.9. The molecule has 4 heteroatoms. The van der Waals surface area contributed by atoms with Gasteiger partial charge < -0.3 is 5.32 Å². The maximum absolute atomic E-state index is 4.26. The molecule has 16 heavy (non-hydrogen) atoms. The Hall–Kier alpha value is -0.710. The maximum atomic E-state index is 4.26. The van der Waals surface area contributed by atoms with Crippen molar-refractivity contribution in [2.75, 3.05) is 0 Å². The zero-order chi connectivity index (χ0) is 11.4. The number of aryl methyl sites for hydroxylation is 1. The van der Waals surface area contributed by atoms with E-state index in [-0.39, 0.29) is 0 Å². The maximum Gasteiger partial charge on any atom is 0.0897 e. The highest BCUT2D eigenvalue weighted by molar-refractivity contribution is 7.11. The lowest BCUT2D eigenvalue weighted by molar-refractivity contribution is 0.529. The molecule has 0 aliphatic heterocycles. The molecule has 0 aliphatic rings. The molecule has 0 saturated carbocycles. The summed E-state index contributed by atoms with van der Waals surface area (Å²) in [5.74, 6) is 0. The van der Waals surface area contributed by atoms with E-state index in [9.17, 15) is 0 Å². The molecule has 2 nitrogen and oxygen atoms in total. The Labute approximate surface area is 104 Å². The summed E-state index contributed by atoms with van der Waals surface area (Å²) in [6, 6.07) is 4.78. The number of nitrogens with zero attached hydrogens (tertiary/aromatic N) is 1. The number of rotatable bonds is 5. The molecular weight excluding hydrogens is 236 g/mol. The van der Waals surface area contributed by atoms with Gasteiger partial charge in [-0.25, -0.2) is 4.98 Å². The SMILES string of the molecule is CCC(NCc1cnc(C)s1)c1cccs1. The van der Waals surface area contributed by atoms with Crippen LogP contribution in [0.5, 0.6) is 0 Å². The van der Waals surface area contributed by atoms with Crippen molar-refractivity contribution in [3.63, 3.8) is 0 Å². The van der Waals surface area contributed by atoms with Crippen molar-refractivity contribution in [1.29, 1.82) is 0 Å². The van der Waals surface area contributed by atoms with Gasteiger partial charge in [0.1, 0.15) is 0 Å². The fourth-order valence-electron chi connectivity index (χ4n) is 1.65. The molecule has 0 aromatic carbocycles. The van der Waals surface area contributed by atoms with E-state index < -0.39 is 0 Å². The van der Waals surface area contributed by atoms with Crippen molar-refractivity contribution in [2.24, 2.45) is 0 Å². The molecule has 0 saturated heterocycles. The molecule has 86 valence electrons. The minimum atomic E-state index is 0.474. The average Bonchev–Trinajstić information content (AvgIpc) is 2.91. The summed E-state index contributed by atoms with van der Waals surface area (Å²) in [5, 5.41) is 6.86. The minimum Gasteiger partial charge on any atom is -0.304 e. The van der Waals surface area contributed by atoms with Crippen LogP contribution in [-0.4, -0.2) is 4.98 Å². The highest BCUT2D eigenvalue weighted by Gasteiger charge is 2.09. The Balaban J connectivity index is 1.93.